The highest BCUT2D eigenvalue weighted by Crippen LogP contribution is 2.42. The molecule has 1 atom stereocenters. The molecule has 3 rings (SSSR count). The predicted molar refractivity (Wildman–Crippen MR) is 98.7 cm³/mol. The molecule has 0 aliphatic carbocycles. The number of rotatable bonds is 6. The van der Waals surface area contributed by atoms with E-state index in [1.807, 2.05) is 13.8 Å². The van der Waals surface area contributed by atoms with Gasteiger partial charge in [-0.3, -0.25) is 4.79 Å². The molecule has 2 heterocycles. The second kappa shape index (κ2) is 7.61. The van der Waals surface area contributed by atoms with E-state index in [0.29, 0.717) is 17.7 Å². The van der Waals surface area contributed by atoms with Gasteiger partial charge in [0, 0.05) is 23.9 Å². The van der Waals surface area contributed by atoms with Crippen molar-refractivity contribution in [1.29, 1.82) is 0 Å². The zero-order valence-corrected chi connectivity index (χ0v) is 15.7. The van der Waals surface area contributed by atoms with Crippen LogP contribution in [0.5, 0.6) is 11.5 Å². The molecule has 28 heavy (non-hydrogen) atoms. The fourth-order valence-electron chi connectivity index (χ4n) is 3.52. The smallest absolute Gasteiger partial charge is 0.341 e. The molecular weight excluding hydrogens is 372 g/mol. The molecule has 6 nitrogen and oxygen atoms in total. The third-order valence-electron chi connectivity index (χ3n) is 4.90. The first-order chi connectivity index (χ1) is 13.2. The van der Waals surface area contributed by atoms with Gasteiger partial charge in [-0.15, -0.1) is 0 Å². The van der Waals surface area contributed by atoms with Gasteiger partial charge in [-0.05, 0) is 30.0 Å². The number of halogens is 2. The van der Waals surface area contributed by atoms with Crippen LogP contribution in [-0.4, -0.2) is 35.8 Å². The van der Waals surface area contributed by atoms with Crippen molar-refractivity contribution in [2.75, 3.05) is 13.7 Å². The second-order valence-corrected chi connectivity index (χ2v) is 7.03. The normalized spacial score (nSPS) is 15.3. The topological polar surface area (TPSA) is 77.8 Å². The first-order valence-corrected chi connectivity index (χ1v) is 8.84. The molecule has 8 heteroatoms. The van der Waals surface area contributed by atoms with Crippen LogP contribution in [0.4, 0.5) is 8.78 Å². The number of ether oxygens (including phenoxy) is 2. The molecule has 1 aliphatic heterocycles. The first kappa shape index (κ1) is 19.9. The van der Waals surface area contributed by atoms with Crippen molar-refractivity contribution in [3.8, 4) is 22.8 Å². The number of hydrogen-bond donors (Lipinski definition) is 1. The van der Waals surface area contributed by atoms with E-state index in [9.17, 15) is 23.5 Å². The van der Waals surface area contributed by atoms with Crippen LogP contribution in [0.3, 0.4) is 0 Å². The molecule has 0 saturated carbocycles. The number of methoxy groups -OCH3 is 1. The summed E-state index contributed by atoms with van der Waals surface area (Å²) in [4.78, 5) is 23.7. The quantitative estimate of drug-likeness (QED) is 0.811. The maximum Gasteiger partial charge on any atom is 0.341 e. The number of carboxylic acid groups (broad SMARTS) is 1. The number of aromatic carboxylic acids is 1. The van der Waals surface area contributed by atoms with Crippen LogP contribution in [0.25, 0.3) is 11.3 Å². The van der Waals surface area contributed by atoms with E-state index in [2.05, 4.69) is 0 Å². The fourth-order valence-corrected chi connectivity index (χ4v) is 3.52. The Hall–Kier alpha value is -2.90. The molecule has 2 aromatic rings. The SMILES string of the molecule is COc1cc2c(cc1OCC(F)F)C[C@@H](C(C)C)n1cc(C(=O)O)c(=O)cc1-2. The number of benzene rings is 1. The molecule has 150 valence electrons. The second-order valence-electron chi connectivity index (χ2n) is 7.03. The van der Waals surface area contributed by atoms with Crippen molar-refractivity contribution in [3.63, 3.8) is 0 Å². The highest BCUT2D eigenvalue weighted by atomic mass is 19.3. The Bertz CT molecular complexity index is 968. The molecule has 0 amide bonds. The van der Waals surface area contributed by atoms with Gasteiger partial charge in [0.15, 0.2) is 16.9 Å². The summed E-state index contributed by atoms with van der Waals surface area (Å²) in [5, 5.41) is 9.30. The molecule has 1 aromatic heterocycles. The van der Waals surface area contributed by atoms with Gasteiger partial charge in [0.2, 0.25) is 0 Å². The summed E-state index contributed by atoms with van der Waals surface area (Å²) in [6.07, 6.45) is -0.698. The maximum absolute atomic E-state index is 12.6. The van der Waals surface area contributed by atoms with Gasteiger partial charge in [-0.2, -0.15) is 0 Å². The van der Waals surface area contributed by atoms with Crippen LogP contribution in [0.15, 0.2) is 29.2 Å². The third-order valence-corrected chi connectivity index (χ3v) is 4.90. The number of alkyl halides is 2. The van der Waals surface area contributed by atoms with Gasteiger partial charge in [-0.1, -0.05) is 13.8 Å². The number of pyridine rings is 1. The molecule has 1 aromatic carbocycles. The van der Waals surface area contributed by atoms with Gasteiger partial charge in [0.1, 0.15) is 12.2 Å². The zero-order chi connectivity index (χ0) is 20.6. The minimum atomic E-state index is -2.61. The lowest BCUT2D eigenvalue weighted by Gasteiger charge is -2.33. The lowest BCUT2D eigenvalue weighted by atomic mass is 9.87. The van der Waals surface area contributed by atoms with Crippen molar-refractivity contribution >= 4 is 5.97 Å². The average molecular weight is 393 g/mol. The van der Waals surface area contributed by atoms with Gasteiger partial charge in [-0.25, -0.2) is 13.6 Å². The van der Waals surface area contributed by atoms with Crippen LogP contribution < -0.4 is 14.9 Å². The number of carbonyl (C=O) groups is 1. The Morgan fingerprint density at radius 3 is 2.57 bits per heavy atom. The minimum Gasteiger partial charge on any atom is -0.493 e. The van der Waals surface area contributed by atoms with Crippen molar-refractivity contribution < 1.29 is 28.2 Å². The number of nitrogens with zero attached hydrogens (tertiary/aromatic N) is 1. The first-order valence-electron chi connectivity index (χ1n) is 8.84. The number of aromatic nitrogens is 1. The van der Waals surface area contributed by atoms with Crippen molar-refractivity contribution in [3.05, 3.63) is 45.7 Å². The molecule has 1 aliphatic rings. The van der Waals surface area contributed by atoms with Crippen LogP contribution in [0, 0.1) is 5.92 Å². The molecule has 0 spiro atoms. The summed E-state index contributed by atoms with van der Waals surface area (Å²) >= 11 is 0. The average Bonchev–Trinajstić information content (AvgIpc) is 2.63. The fraction of sp³-hybridized carbons (Fsp3) is 0.400. The molecule has 0 saturated heterocycles. The van der Waals surface area contributed by atoms with E-state index >= 15 is 0 Å². The van der Waals surface area contributed by atoms with E-state index in [4.69, 9.17) is 9.47 Å². The highest BCUT2D eigenvalue weighted by Gasteiger charge is 2.29. The van der Waals surface area contributed by atoms with Crippen LogP contribution in [0.2, 0.25) is 0 Å². The van der Waals surface area contributed by atoms with E-state index in [1.54, 1.807) is 16.7 Å². The summed E-state index contributed by atoms with van der Waals surface area (Å²) in [5.41, 5.74) is 1.19. The van der Waals surface area contributed by atoms with Gasteiger partial charge in [0.25, 0.3) is 6.43 Å². The summed E-state index contributed by atoms with van der Waals surface area (Å²) in [7, 11) is 1.40. The summed E-state index contributed by atoms with van der Waals surface area (Å²) in [6, 6.07) is 4.50. The molecule has 0 radical (unpaired) electrons. The van der Waals surface area contributed by atoms with Crippen LogP contribution >= 0.6 is 0 Å². The van der Waals surface area contributed by atoms with Crippen molar-refractivity contribution in [2.45, 2.75) is 32.7 Å². The third kappa shape index (κ3) is 3.58. The van der Waals surface area contributed by atoms with Crippen molar-refractivity contribution in [1.82, 2.24) is 4.57 Å². The number of fused-ring (bicyclic) bond motifs is 3. The molecule has 0 unspecified atom stereocenters. The summed E-state index contributed by atoms with van der Waals surface area (Å²) in [5.74, 6) is -0.656. The molecular formula is C20H21F2NO5. The van der Waals surface area contributed by atoms with Gasteiger partial charge < -0.3 is 19.1 Å². The standard InChI is InChI=1S/C20H21F2NO5/c1-10(2)14-4-11-5-18(28-9-19(21)22)17(27-3)6-12(11)15-7-16(24)13(20(25)26)8-23(14)15/h5-8,10,14,19H,4,9H2,1-3H3,(H,25,26)/t14-/m0/s1. The van der Waals surface area contributed by atoms with Crippen molar-refractivity contribution in [2.24, 2.45) is 5.92 Å². The van der Waals surface area contributed by atoms with Gasteiger partial charge >= 0.3 is 5.97 Å². The van der Waals surface area contributed by atoms with E-state index in [1.165, 1.54) is 19.4 Å². The van der Waals surface area contributed by atoms with E-state index in [-0.39, 0.29) is 29.0 Å². The number of carboxylic acids is 1. The zero-order valence-electron chi connectivity index (χ0n) is 15.7. The lowest BCUT2D eigenvalue weighted by Crippen LogP contribution is -2.28. The lowest BCUT2D eigenvalue weighted by molar-refractivity contribution is 0.0694. The predicted octanol–water partition coefficient (Wildman–Crippen LogP) is 3.62. The Labute approximate surface area is 160 Å². The van der Waals surface area contributed by atoms with E-state index < -0.39 is 24.4 Å². The summed E-state index contributed by atoms with van der Waals surface area (Å²) < 4.78 is 37.4. The van der Waals surface area contributed by atoms with Gasteiger partial charge in [0.05, 0.1) is 12.8 Å². The largest absolute Gasteiger partial charge is 0.493 e. The minimum absolute atomic E-state index is 0.0995. The molecule has 1 N–H and O–H groups in total. The maximum atomic E-state index is 12.6. The van der Waals surface area contributed by atoms with Crippen LogP contribution in [-0.2, 0) is 6.42 Å². The van der Waals surface area contributed by atoms with E-state index in [0.717, 1.165) is 5.56 Å². The Kier molecular flexibility index (Phi) is 5.40. The molecule has 0 bridgehead atoms. The number of hydrogen-bond acceptors (Lipinski definition) is 4. The van der Waals surface area contributed by atoms with Crippen LogP contribution in [0.1, 0.15) is 35.8 Å². The monoisotopic (exact) mass is 393 g/mol. The Balaban J connectivity index is 2.20. The summed E-state index contributed by atoms with van der Waals surface area (Å²) in [6.45, 7) is 3.24. The molecule has 0 fully saturated rings. The Morgan fingerprint density at radius 1 is 1.29 bits per heavy atom. The highest BCUT2D eigenvalue weighted by molar-refractivity contribution is 5.87. The Morgan fingerprint density at radius 2 is 2.00 bits per heavy atom.